The van der Waals surface area contributed by atoms with Crippen molar-refractivity contribution in [2.24, 2.45) is 0 Å². The van der Waals surface area contributed by atoms with Crippen LogP contribution < -0.4 is 5.32 Å². The molecule has 2 fully saturated rings. The van der Waals surface area contributed by atoms with Gasteiger partial charge in [0.1, 0.15) is 0 Å². The second-order valence-corrected chi connectivity index (χ2v) is 7.90. The van der Waals surface area contributed by atoms with Crippen LogP contribution in [0.1, 0.15) is 44.7 Å². The molecule has 2 aliphatic heterocycles. The number of aromatic nitrogens is 1. The van der Waals surface area contributed by atoms with E-state index in [-0.39, 0.29) is 24.0 Å². The van der Waals surface area contributed by atoms with Crippen LogP contribution >= 0.6 is 0 Å². The predicted octanol–water partition coefficient (Wildman–Crippen LogP) is 1.58. The topological polar surface area (TPSA) is 74.8 Å². The zero-order valence-corrected chi connectivity index (χ0v) is 17.0. The first-order valence-corrected chi connectivity index (χ1v) is 10.3. The molecule has 28 heavy (non-hydrogen) atoms. The van der Waals surface area contributed by atoms with E-state index >= 15 is 0 Å². The summed E-state index contributed by atoms with van der Waals surface area (Å²) in [7, 11) is 2.06. The minimum atomic E-state index is 0.000983. The highest BCUT2D eigenvalue weighted by Crippen LogP contribution is 2.25. The van der Waals surface area contributed by atoms with Gasteiger partial charge in [-0.25, -0.2) is 0 Å². The number of carbonyl (C=O) groups excluding carboxylic acids is 2. The summed E-state index contributed by atoms with van der Waals surface area (Å²) in [6, 6.07) is 6.43. The molecular formula is C21H32N4O3. The van der Waals surface area contributed by atoms with Gasteiger partial charge in [-0.2, -0.15) is 0 Å². The second kappa shape index (κ2) is 9.98. The SMILES string of the molecule is CC(=O)NC[C@H]1CC[C@@H](CC(=O)N2CCC(OCc3ccccn3)CC2)N1C. The summed E-state index contributed by atoms with van der Waals surface area (Å²) in [6.45, 7) is 4.26. The Labute approximate surface area is 167 Å². The molecule has 0 saturated carbocycles. The van der Waals surface area contributed by atoms with Crippen LogP contribution in [0.15, 0.2) is 24.4 Å². The van der Waals surface area contributed by atoms with Crippen LogP contribution in [-0.2, 0) is 20.9 Å². The smallest absolute Gasteiger partial charge is 0.224 e. The number of nitrogens with one attached hydrogen (secondary N) is 1. The molecule has 7 nitrogen and oxygen atoms in total. The van der Waals surface area contributed by atoms with E-state index in [0.717, 1.165) is 44.5 Å². The quantitative estimate of drug-likeness (QED) is 0.768. The van der Waals surface area contributed by atoms with Gasteiger partial charge in [-0.15, -0.1) is 0 Å². The fourth-order valence-electron chi connectivity index (χ4n) is 4.13. The van der Waals surface area contributed by atoms with E-state index in [1.165, 1.54) is 0 Å². The van der Waals surface area contributed by atoms with Gasteiger partial charge in [-0.05, 0) is 44.9 Å². The molecule has 0 aliphatic carbocycles. The van der Waals surface area contributed by atoms with Crippen molar-refractivity contribution in [3.05, 3.63) is 30.1 Å². The molecule has 1 aromatic rings. The van der Waals surface area contributed by atoms with Crippen molar-refractivity contribution in [1.82, 2.24) is 20.1 Å². The minimum absolute atomic E-state index is 0.000983. The van der Waals surface area contributed by atoms with E-state index in [0.29, 0.717) is 25.6 Å². The number of likely N-dealkylation sites (N-methyl/N-ethyl adjacent to an activating group) is 1. The number of hydrogen-bond acceptors (Lipinski definition) is 5. The number of ether oxygens (including phenoxy) is 1. The highest BCUT2D eigenvalue weighted by Gasteiger charge is 2.33. The van der Waals surface area contributed by atoms with Crippen molar-refractivity contribution >= 4 is 11.8 Å². The average Bonchev–Trinajstić information content (AvgIpc) is 3.05. The molecule has 2 amide bonds. The van der Waals surface area contributed by atoms with Crippen molar-refractivity contribution in [1.29, 1.82) is 0 Å². The molecule has 154 valence electrons. The van der Waals surface area contributed by atoms with Gasteiger partial charge in [0, 0.05) is 51.3 Å². The van der Waals surface area contributed by atoms with E-state index in [2.05, 4.69) is 22.2 Å². The maximum Gasteiger partial charge on any atom is 0.224 e. The number of piperidine rings is 1. The normalized spacial score (nSPS) is 23.7. The second-order valence-electron chi connectivity index (χ2n) is 7.90. The van der Waals surface area contributed by atoms with Gasteiger partial charge in [0.2, 0.25) is 11.8 Å². The van der Waals surface area contributed by atoms with Gasteiger partial charge >= 0.3 is 0 Å². The zero-order valence-electron chi connectivity index (χ0n) is 17.0. The third-order valence-corrected chi connectivity index (χ3v) is 5.97. The van der Waals surface area contributed by atoms with Crippen molar-refractivity contribution in [2.75, 3.05) is 26.7 Å². The van der Waals surface area contributed by atoms with Gasteiger partial charge in [-0.1, -0.05) is 6.07 Å². The summed E-state index contributed by atoms with van der Waals surface area (Å²) in [6.07, 6.45) is 6.33. The maximum atomic E-state index is 12.7. The van der Waals surface area contributed by atoms with Crippen LogP contribution in [-0.4, -0.2) is 71.5 Å². The summed E-state index contributed by atoms with van der Waals surface area (Å²) in [5, 5.41) is 2.89. The lowest BCUT2D eigenvalue weighted by molar-refractivity contribution is -0.135. The molecule has 2 saturated heterocycles. The molecule has 0 aromatic carbocycles. The Morgan fingerprint density at radius 3 is 2.61 bits per heavy atom. The summed E-state index contributed by atoms with van der Waals surface area (Å²) in [4.78, 5) is 32.4. The van der Waals surface area contributed by atoms with Crippen molar-refractivity contribution in [3.8, 4) is 0 Å². The molecule has 0 bridgehead atoms. The molecule has 0 radical (unpaired) electrons. The first kappa shape index (κ1) is 20.7. The van der Waals surface area contributed by atoms with Crippen molar-refractivity contribution < 1.29 is 14.3 Å². The van der Waals surface area contributed by atoms with Crippen molar-refractivity contribution in [2.45, 2.75) is 63.8 Å². The van der Waals surface area contributed by atoms with Gasteiger partial charge in [0.25, 0.3) is 0 Å². The standard InChI is InChI=1S/C21H32N4O3/c1-16(26)23-14-19-7-6-18(24(19)2)13-21(27)25-11-8-20(9-12-25)28-15-17-5-3-4-10-22-17/h3-5,10,18-20H,6-9,11-15H2,1-2H3,(H,23,26)/t18-,19+/m0/s1. The Morgan fingerprint density at radius 1 is 1.18 bits per heavy atom. The first-order chi connectivity index (χ1) is 13.5. The molecule has 7 heteroatoms. The fraction of sp³-hybridized carbons (Fsp3) is 0.667. The molecule has 2 atom stereocenters. The van der Waals surface area contributed by atoms with Gasteiger partial charge in [0.15, 0.2) is 0 Å². The third kappa shape index (κ3) is 5.75. The lowest BCUT2D eigenvalue weighted by atomic mass is 10.1. The molecule has 0 unspecified atom stereocenters. The van der Waals surface area contributed by atoms with Gasteiger partial charge < -0.3 is 15.0 Å². The van der Waals surface area contributed by atoms with Crippen LogP contribution in [0.5, 0.6) is 0 Å². The lowest BCUT2D eigenvalue weighted by Crippen LogP contribution is -2.45. The van der Waals surface area contributed by atoms with E-state index < -0.39 is 0 Å². The average molecular weight is 389 g/mol. The van der Waals surface area contributed by atoms with Crippen molar-refractivity contribution in [3.63, 3.8) is 0 Å². The molecule has 0 spiro atoms. The number of carbonyl (C=O) groups is 2. The van der Waals surface area contributed by atoms with E-state index in [9.17, 15) is 9.59 Å². The molecule has 3 rings (SSSR count). The molecule has 3 heterocycles. The predicted molar refractivity (Wildman–Crippen MR) is 107 cm³/mol. The Balaban J connectivity index is 1.37. The van der Waals surface area contributed by atoms with Crippen LogP contribution in [0.2, 0.25) is 0 Å². The van der Waals surface area contributed by atoms with Gasteiger partial charge in [0.05, 0.1) is 18.4 Å². The van der Waals surface area contributed by atoms with Crippen LogP contribution in [0.25, 0.3) is 0 Å². The van der Waals surface area contributed by atoms with Crippen LogP contribution in [0.4, 0.5) is 0 Å². The lowest BCUT2D eigenvalue weighted by Gasteiger charge is -2.33. The summed E-state index contributed by atoms with van der Waals surface area (Å²) >= 11 is 0. The number of likely N-dealkylation sites (tertiary alicyclic amines) is 2. The summed E-state index contributed by atoms with van der Waals surface area (Å²) < 4.78 is 5.96. The van der Waals surface area contributed by atoms with E-state index in [1.54, 1.807) is 13.1 Å². The highest BCUT2D eigenvalue weighted by atomic mass is 16.5. The summed E-state index contributed by atoms with van der Waals surface area (Å²) in [5.41, 5.74) is 0.944. The Kier molecular flexibility index (Phi) is 7.39. The van der Waals surface area contributed by atoms with E-state index in [1.807, 2.05) is 23.1 Å². The number of rotatable bonds is 7. The molecule has 1 aromatic heterocycles. The number of amides is 2. The Hall–Kier alpha value is -1.99. The third-order valence-electron chi connectivity index (χ3n) is 5.97. The number of hydrogen-bond donors (Lipinski definition) is 1. The Bertz CT molecular complexity index is 646. The monoisotopic (exact) mass is 388 g/mol. The first-order valence-electron chi connectivity index (χ1n) is 10.3. The highest BCUT2D eigenvalue weighted by molar-refractivity contribution is 5.77. The molecule has 1 N–H and O–H groups in total. The number of nitrogens with zero attached hydrogens (tertiary/aromatic N) is 3. The van der Waals surface area contributed by atoms with Crippen LogP contribution in [0.3, 0.4) is 0 Å². The van der Waals surface area contributed by atoms with Crippen LogP contribution in [0, 0.1) is 0 Å². The maximum absolute atomic E-state index is 12.7. The molecular weight excluding hydrogens is 356 g/mol. The largest absolute Gasteiger partial charge is 0.372 e. The minimum Gasteiger partial charge on any atom is -0.372 e. The zero-order chi connectivity index (χ0) is 19.9. The molecule has 2 aliphatic rings. The van der Waals surface area contributed by atoms with E-state index in [4.69, 9.17) is 4.74 Å². The summed E-state index contributed by atoms with van der Waals surface area (Å²) in [5.74, 6) is 0.237. The fourth-order valence-corrected chi connectivity index (χ4v) is 4.13. The Morgan fingerprint density at radius 2 is 1.93 bits per heavy atom. The number of pyridine rings is 1. The van der Waals surface area contributed by atoms with Gasteiger partial charge in [-0.3, -0.25) is 19.5 Å².